The van der Waals surface area contributed by atoms with Gasteiger partial charge in [0.1, 0.15) is 0 Å². The van der Waals surface area contributed by atoms with Crippen LogP contribution in [0, 0.1) is 5.92 Å². The van der Waals surface area contributed by atoms with Crippen molar-refractivity contribution in [3.63, 3.8) is 0 Å². The van der Waals surface area contributed by atoms with E-state index in [0.717, 1.165) is 38.2 Å². The zero-order valence-electron chi connectivity index (χ0n) is 12.2. The minimum atomic E-state index is -0.695. The number of nitrogens with zero attached hydrogens (tertiary/aromatic N) is 3. The maximum Gasteiger partial charge on any atom is 0.303 e. The van der Waals surface area contributed by atoms with Crippen molar-refractivity contribution >= 4 is 5.97 Å². The van der Waals surface area contributed by atoms with Crippen molar-refractivity contribution in [1.29, 1.82) is 0 Å². The Hall–Kier alpha value is -1.43. The van der Waals surface area contributed by atoms with Crippen LogP contribution in [-0.4, -0.2) is 39.2 Å². The summed E-state index contributed by atoms with van der Waals surface area (Å²) in [7, 11) is 0. The van der Waals surface area contributed by atoms with E-state index in [1.165, 1.54) is 0 Å². The minimum Gasteiger partial charge on any atom is -0.481 e. The molecule has 0 aliphatic carbocycles. The standard InChI is InChI=1S/C14H23N3O3/c1-10(2)14-15-12(20-16-14)9-17-7-5-11(6-8-17)3-4-13(18)19/h10-11H,3-9H2,1-2H3,(H,18,19). The van der Waals surface area contributed by atoms with E-state index in [0.29, 0.717) is 18.4 Å². The molecule has 1 aromatic heterocycles. The van der Waals surface area contributed by atoms with Crippen molar-refractivity contribution in [3.05, 3.63) is 11.7 Å². The Kier molecular flexibility index (Phi) is 5.11. The highest BCUT2D eigenvalue weighted by Crippen LogP contribution is 2.23. The topological polar surface area (TPSA) is 79.5 Å². The molecule has 6 heteroatoms. The van der Waals surface area contributed by atoms with Crippen molar-refractivity contribution in [2.45, 2.75) is 52.0 Å². The fraction of sp³-hybridized carbons (Fsp3) is 0.786. The van der Waals surface area contributed by atoms with Crippen LogP contribution in [0.5, 0.6) is 0 Å². The molecule has 20 heavy (non-hydrogen) atoms. The van der Waals surface area contributed by atoms with Crippen LogP contribution < -0.4 is 0 Å². The molecular weight excluding hydrogens is 258 g/mol. The molecule has 1 aliphatic rings. The number of carboxylic acid groups (broad SMARTS) is 1. The van der Waals surface area contributed by atoms with Crippen molar-refractivity contribution in [3.8, 4) is 0 Å². The second kappa shape index (κ2) is 6.83. The molecule has 1 saturated heterocycles. The number of aliphatic carboxylic acids is 1. The van der Waals surface area contributed by atoms with Gasteiger partial charge in [-0.1, -0.05) is 19.0 Å². The molecule has 0 unspecified atom stereocenters. The summed E-state index contributed by atoms with van der Waals surface area (Å²) in [4.78, 5) is 17.3. The summed E-state index contributed by atoms with van der Waals surface area (Å²) >= 11 is 0. The number of carboxylic acids is 1. The Balaban J connectivity index is 1.74. The first kappa shape index (κ1) is 15.0. The molecule has 0 aromatic carbocycles. The summed E-state index contributed by atoms with van der Waals surface area (Å²) < 4.78 is 5.25. The molecule has 0 radical (unpaired) electrons. The molecule has 6 nitrogen and oxygen atoms in total. The maximum atomic E-state index is 10.6. The fourth-order valence-electron chi connectivity index (χ4n) is 2.52. The van der Waals surface area contributed by atoms with Gasteiger partial charge in [-0.3, -0.25) is 9.69 Å². The predicted molar refractivity (Wildman–Crippen MR) is 73.3 cm³/mol. The van der Waals surface area contributed by atoms with Gasteiger partial charge in [-0.2, -0.15) is 4.98 Å². The van der Waals surface area contributed by atoms with Crippen LogP contribution >= 0.6 is 0 Å². The molecule has 1 N–H and O–H groups in total. The first-order valence-electron chi connectivity index (χ1n) is 7.31. The van der Waals surface area contributed by atoms with Crippen LogP contribution in [0.25, 0.3) is 0 Å². The molecule has 1 aliphatic heterocycles. The molecule has 0 saturated carbocycles. The van der Waals surface area contributed by atoms with Crippen LogP contribution in [-0.2, 0) is 11.3 Å². The Labute approximate surface area is 119 Å². The van der Waals surface area contributed by atoms with E-state index in [1.54, 1.807) is 0 Å². The smallest absolute Gasteiger partial charge is 0.303 e. The van der Waals surface area contributed by atoms with Crippen molar-refractivity contribution in [1.82, 2.24) is 15.0 Å². The molecule has 2 rings (SSSR count). The minimum absolute atomic E-state index is 0.284. The number of carbonyl (C=O) groups is 1. The number of aromatic nitrogens is 2. The van der Waals surface area contributed by atoms with E-state index in [2.05, 4.69) is 15.0 Å². The van der Waals surface area contributed by atoms with E-state index in [4.69, 9.17) is 9.63 Å². The summed E-state index contributed by atoms with van der Waals surface area (Å²) in [6.45, 7) is 6.74. The van der Waals surface area contributed by atoms with Crippen LogP contribution in [0.15, 0.2) is 4.52 Å². The lowest BCUT2D eigenvalue weighted by Gasteiger charge is -2.30. The summed E-state index contributed by atoms with van der Waals surface area (Å²) in [5.41, 5.74) is 0. The Morgan fingerprint density at radius 1 is 1.45 bits per heavy atom. The van der Waals surface area contributed by atoms with Gasteiger partial charge in [-0.25, -0.2) is 0 Å². The second-order valence-electron chi connectivity index (χ2n) is 5.85. The Bertz CT molecular complexity index is 437. The van der Waals surface area contributed by atoms with Crippen molar-refractivity contribution in [2.24, 2.45) is 5.92 Å². The highest BCUT2D eigenvalue weighted by molar-refractivity contribution is 5.66. The maximum absolute atomic E-state index is 10.6. The zero-order chi connectivity index (χ0) is 14.5. The SMILES string of the molecule is CC(C)c1noc(CN2CCC(CCC(=O)O)CC2)n1. The summed E-state index contributed by atoms with van der Waals surface area (Å²) in [5.74, 6) is 1.57. The van der Waals surface area contributed by atoms with Gasteiger partial charge in [0.25, 0.3) is 0 Å². The van der Waals surface area contributed by atoms with Gasteiger partial charge in [0, 0.05) is 12.3 Å². The molecule has 2 heterocycles. The predicted octanol–water partition coefficient (Wildman–Crippen LogP) is 2.27. The van der Waals surface area contributed by atoms with Crippen LogP contribution in [0.1, 0.15) is 57.2 Å². The largest absolute Gasteiger partial charge is 0.481 e. The third-order valence-corrected chi connectivity index (χ3v) is 3.83. The molecule has 0 spiro atoms. The molecule has 0 amide bonds. The highest BCUT2D eigenvalue weighted by atomic mass is 16.5. The molecule has 0 bridgehead atoms. The van der Waals surface area contributed by atoms with E-state index >= 15 is 0 Å². The van der Waals surface area contributed by atoms with Crippen LogP contribution in [0.2, 0.25) is 0 Å². The van der Waals surface area contributed by atoms with Gasteiger partial charge in [-0.05, 0) is 38.3 Å². The van der Waals surface area contributed by atoms with Gasteiger partial charge < -0.3 is 9.63 Å². The van der Waals surface area contributed by atoms with Gasteiger partial charge in [-0.15, -0.1) is 0 Å². The zero-order valence-corrected chi connectivity index (χ0v) is 12.2. The molecule has 112 valence electrons. The summed E-state index contributed by atoms with van der Waals surface area (Å²) in [5, 5.41) is 12.7. The van der Waals surface area contributed by atoms with E-state index in [-0.39, 0.29) is 12.3 Å². The summed E-state index contributed by atoms with van der Waals surface area (Å²) in [6, 6.07) is 0. The van der Waals surface area contributed by atoms with Crippen molar-refractivity contribution in [2.75, 3.05) is 13.1 Å². The first-order chi connectivity index (χ1) is 9.54. The monoisotopic (exact) mass is 281 g/mol. The number of piperidine rings is 1. The van der Waals surface area contributed by atoms with Crippen molar-refractivity contribution < 1.29 is 14.4 Å². The number of hydrogen-bond acceptors (Lipinski definition) is 5. The molecule has 1 fully saturated rings. The first-order valence-corrected chi connectivity index (χ1v) is 7.31. The van der Waals surface area contributed by atoms with E-state index in [9.17, 15) is 4.79 Å². The molecule has 1 aromatic rings. The second-order valence-corrected chi connectivity index (χ2v) is 5.85. The molecular formula is C14H23N3O3. The van der Waals surface area contributed by atoms with Crippen LogP contribution in [0.4, 0.5) is 0 Å². The third kappa shape index (κ3) is 4.30. The average molecular weight is 281 g/mol. The summed E-state index contributed by atoms with van der Waals surface area (Å²) in [6.07, 6.45) is 3.18. The highest BCUT2D eigenvalue weighted by Gasteiger charge is 2.21. The lowest BCUT2D eigenvalue weighted by atomic mass is 9.92. The molecule has 0 atom stereocenters. The average Bonchev–Trinajstić information content (AvgIpc) is 2.86. The lowest BCUT2D eigenvalue weighted by molar-refractivity contribution is -0.137. The van der Waals surface area contributed by atoms with E-state index < -0.39 is 5.97 Å². The van der Waals surface area contributed by atoms with Gasteiger partial charge in [0.15, 0.2) is 5.82 Å². The number of likely N-dealkylation sites (tertiary alicyclic amines) is 1. The number of hydrogen-bond donors (Lipinski definition) is 1. The quantitative estimate of drug-likeness (QED) is 0.861. The Morgan fingerprint density at radius 3 is 2.70 bits per heavy atom. The lowest BCUT2D eigenvalue weighted by Crippen LogP contribution is -2.33. The fourth-order valence-corrected chi connectivity index (χ4v) is 2.52. The third-order valence-electron chi connectivity index (χ3n) is 3.83. The van der Waals surface area contributed by atoms with Gasteiger partial charge in [0.05, 0.1) is 6.54 Å². The number of rotatable bonds is 6. The van der Waals surface area contributed by atoms with Gasteiger partial charge in [0.2, 0.25) is 5.89 Å². The van der Waals surface area contributed by atoms with E-state index in [1.807, 2.05) is 13.8 Å². The normalized spacial score (nSPS) is 17.8. The Morgan fingerprint density at radius 2 is 2.15 bits per heavy atom. The van der Waals surface area contributed by atoms with Gasteiger partial charge >= 0.3 is 5.97 Å². The van der Waals surface area contributed by atoms with Crippen LogP contribution in [0.3, 0.4) is 0 Å².